The highest BCUT2D eigenvalue weighted by Crippen LogP contribution is 2.35. The molecule has 1 atom stereocenters. The molecule has 0 bridgehead atoms. The van der Waals surface area contributed by atoms with E-state index in [1.807, 2.05) is 12.1 Å². The molecule has 0 spiro atoms. The second-order valence-corrected chi connectivity index (χ2v) is 8.54. The summed E-state index contributed by atoms with van der Waals surface area (Å²) < 4.78 is 11.7. The van der Waals surface area contributed by atoms with Crippen molar-refractivity contribution in [1.82, 2.24) is 30.6 Å². The van der Waals surface area contributed by atoms with Crippen LogP contribution in [0.3, 0.4) is 0 Å². The summed E-state index contributed by atoms with van der Waals surface area (Å²) in [5.41, 5.74) is 8.77. The highest BCUT2D eigenvalue weighted by molar-refractivity contribution is 5.90. The number of amides is 1. The van der Waals surface area contributed by atoms with Gasteiger partial charge in [0.15, 0.2) is 11.6 Å². The average molecular weight is 480 g/mol. The summed E-state index contributed by atoms with van der Waals surface area (Å²) in [6, 6.07) is 3.70. The van der Waals surface area contributed by atoms with Crippen LogP contribution in [-0.2, 0) is 16.1 Å². The molecule has 186 valence electrons. The van der Waals surface area contributed by atoms with Gasteiger partial charge in [0, 0.05) is 36.7 Å². The van der Waals surface area contributed by atoms with Gasteiger partial charge in [-0.3, -0.25) is 9.78 Å². The minimum absolute atomic E-state index is 0.0503. The van der Waals surface area contributed by atoms with Crippen LogP contribution in [0.2, 0.25) is 0 Å². The number of ether oxygens (including phenoxy) is 2. The Hall–Kier alpha value is -3.37. The molecule has 10 heteroatoms. The van der Waals surface area contributed by atoms with Crippen molar-refractivity contribution in [3.8, 4) is 16.9 Å². The Balaban J connectivity index is 1.45. The van der Waals surface area contributed by atoms with Crippen molar-refractivity contribution in [2.75, 3.05) is 32.0 Å². The van der Waals surface area contributed by atoms with E-state index >= 15 is 0 Å². The van der Waals surface area contributed by atoms with E-state index < -0.39 is 0 Å². The summed E-state index contributed by atoms with van der Waals surface area (Å²) in [4.78, 5) is 30.0. The quantitative estimate of drug-likeness (QED) is 0.354. The highest BCUT2D eigenvalue weighted by Gasteiger charge is 2.20. The van der Waals surface area contributed by atoms with E-state index in [-0.39, 0.29) is 11.9 Å². The van der Waals surface area contributed by atoms with Crippen LogP contribution < -0.4 is 21.1 Å². The number of aromatic nitrogens is 4. The molecule has 35 heavy (non-hydrogen) atoms. The molecule has 2 aromatic heterocycles. The third-order valence-corrected chi connectivity index (χ3v) is 5.78. The van der Waals surface area contributed by atoms with Crippen molar-refractivity contribution in [1.29, 1.82) is 0 Å². The van der Waals surface area contributed by atoms with Crippen LogP contribution in [0.5, 0.6) is 5.75 Å². The van der Waals surface area contributed by atoms with E-state index in [1.165, 1.54) is 6.20 Å². The van der Waals surface area contributed by atoms with Crippen molar-refractivity contribution in [3.63, 3.8) is 0 Å². The van der Waals surface area contributed by atoms with E-state index in [9.17, 15) is 4.79 Å². The number of nitrogens with two attached hydrogens (primary N) is 1. The lowest BCUT2D eigenvalue weighted by Gasteiger charge is -2.22. The third kappa shape index (κ3) is 6.61. The number of benzene rings is 1. The molecule has 0 radical (unpaired) electrons. The van der Waals surface area contributed by atoms with Gasteiger partial charge in [0.05, 0.1) is 24.4 Å². The summed E-state index contributed by atoms with van der Waals surface area (Å²) >= 11 is 0. The molecule has 3 heterocycles. The van der Waals surface area contributed by atoms with E-state index in [0.29, 0.717) is 61.2 Å². The third-order valence-electron chi connectivity index (χ3n) is 5.78. The summed E-state index contributed by atoms with van der Waals surface area (Å²) in [6.45, 7) is 4.92. The Morgan fingerprint density at radius 3 is 2.80 bits per heavy atom. The summed E-state index contributed by atoms with van der Waals surface area (Å²) in [7, 11) is 0. The van der Waals surface area contributed by atoms with Gasteiger partial charge >= 0.3 is 0 Å². The van der Waals surface area contributed by atoms with Crippen LogP contribution >= 0.6 is 0 Å². The molecule has 1 fully saturated rings. The first-order valence-electron chi connectivity index (χ1n) is 12.2. The minimum atomic E-state index is -0.0945. The largest absolute Gasteiger partial charge is 0.491 e. The van der Waals surface area contributed by atoms with E-state index in [0.717, 1.165) is 43.4 Å². The first-order chi connectivity index (χ1) is 17.2. The second-order valence-electron chi connectivity index (χ2n) is 8.54. The Bertz CT molecular complexity index is 1120. The topological polar surface area (TPSA) is 137 Å². The van der Waals surface area contributed by atoms with Crippen LogP contribution in [0.1, 0.15) is 44.9 Å². The lowest BCUT2D eigenvalue weighted by atomic mass is 10.0. The van der Waals surface area contributed by atoms with E-state index in [1.54, 1.807) is 12.4 Å². The van der Waals surface area contributed by atoms with Crippen molar-refractivity contribution in [2.45, 2.75) is 51.7 Å². The Morgan fingerprint density at radius 2 is 2.03 bits per heavy atom. The fraction of sp³-hybridized carbons (Fsp3) is 0.480. The average Bonchev–Trinajstić information content (AvgIpc) is 2.89. The number of hydrogen-bond acceptors (Lipinski definition) is 9. The van der Waals surface area contributed by atoms with E-state index in [2.05, 4.69) is 37.5 Å². The van der Waals surface area contributed by atoms with Gasteiger partial charge in [-0.1, -0.05) is 13.3 Å². The fourth-order valence-corrected chi connectivity index (χ4v) is 3.97. The molecule has 1 aliphatic heterocycles. The number of hydrogen-bond donors (Lipinski definition) is 3. The second kappa shape index (κ2) is 12.4. The molecule has 10 nitrogen and oxygen atoms in total. The first kappa shape index (κ1) is 24.7. The highest BCUT2D eigenvalue weighted by atomic mass is 16.5. The maximum Gasteiger partial charge on any atom is 0.237 e. The Labute approximate surface area is 205 Å². The zero-order valence-electron chi connectivity index (χ0n) is 20.1. The molecular weight excluding hydrogens is 446 g/mol. The molecule has 1 aromatic carbocycles. The predicted octanol–water partition coefficient (Wildman–Crippen LogP) is 2.62. The fourth-order valence-electron chi connectivity index (χ4n) is 3.97. The number of carbonyl (C=O) groups is 1. The number of anilines is 1. The number of nitrogen functional groups attached to an aromatic ring is 1. The zero-order chi connectivity index (χ0) is 24.5. The predicted molar refractivity (Wildman–Crippen MR) is 134 cm³/mol. The number of fused-ring (bicyclic) bond motifs is 1. The van der Waals surface area contributed by atoms with Crippen LogP contribution in [-0.4, -0.2) is 58.2 Å². The summed E-state index contributed by atoms with van der Waals surface area (Å²) in [5, 5.41) is 6.26. The maximum absolute atomic E-state index is 12.3. The van der Waals surface area contributed by atoms with Gasteiger partial charge in [0.2, 0.25) is 5.91 Å². The van der Waals surface area contributed by atoms with Crippen molar-refractivity contribution < 1.29 is 14.3 Å². The molecule has 1 saturated heterocycles. The molecule has 1 aliphatic rings. The van der Waals surface area contributed by atoms with Gasteiger partial charge in [0.25, 0.3) is 0 Å². The summed E-state index contributed by atoms with van der Waals surface area (Å²) in [5.74, 6) is 1.56. The van der Waals surface area contributed by atoms with Gasteiger partial charge in [-0.05, 0) is 44.4 Å². The van der Waals surface area contributed by atoms with Crippen LogP contribution in [0, 0.1) is 0 Å². The first-order valence-corrected chi connectivity index (χ1v) is 12.2. The van der Waals surface area contributed by atoms with E-state index in [4.69, 9.17) is 15.2 Å². The van der Waals surface area contributed by atoms with Crippen LogP contribution in [0.25, 0.3) is 22.2 Å². The lowest BCUT2D eigenvalue weighted by Crippen LogP contribution is -2.46. The van der Waals surface area contributed by atoms with Gasteiger partial charge in [-0.15, -0.1) is 0 Å². The van der Waals surface area contributed by atoms with Gasteiger partial charge < -0.3 is 25.8 Å². The number of rotatable bonds is 11. The Kier molecular flexibility index (Phi) is 8.74. The SMILES string of the molecule is CCCOCc1ncc(-c2ccc3ncc(N)nc3c2OCCCNC(=O)C2CCCCN2)cn1. The minimum Gasteiger partial charge on any atom is -0.491 e. The Morgan fingerprint density at radius 1 is 1.17 bits per heavy atom. The molecule has 4 N–H and O–H groups in total. The van der Waals surface area contributed by atoms with Crippen molar-refractivity contribution >= 4 is 22.8 Å². The molecule has 1 unspecified atom stereocenters. The molecule has 0 saturated carbocycles. The molecule has 3 aromatic rings. The number of nitrogens with one attached hydrogen (secondary N) is 2. The van der Waals surface area contributed by atoms with Gasteiger partial charge in [-0.25, -0.2) is 15.0 Å². The van der Waals surface area contributed by atoms with Crippen molar-refractivity contribution in [3.05, 3.63) is 36.5 Å². The normalized spacial score (nSPS) is 15.7. The zero-order valence-corrected chi connectivity index (χ0v) is 20.1. The number of nitrogens with zero attached hydrogens (tertiary/aromatic N) is 4. The smallest absolute Gasteiger partial charge is 0.237 e. The molecule has 1 amide bonds. The van der Waals surface area contributed by atoms with Gasteiger partial charge in [-0.2, -0.15) is 0 Å². The summed E-state index contributed by atoms with van der Waals surface area (Å²) in [6.07, 6.45) is 9.71. The maximum atomic E-state index is 12.3. The lowest BCUT2D eigenvalue weighted by molar-refractivity contribution is -0.123. The molecular formula is C25H33N7O3. The molecule has 4 rings (SSSR count). The number of carbonyl (C=O) groups excluding carboxylic acids is 1. The standard InChI is InChI=1S/C25H33N7O3/c1-2-11-34-16-22-30-13-17(14-31-22)18-7-8-19-23(32-21(26)15-29-19)24(18)35-12-5-10-28-25(33)20-6-3-4-9-27-20/h7-8,13-15,20,27H,2-6,9-12,16H2,1H3,(H2,26,32)(H,28,33). The van der Waals surface area contributed by atoms with Crippen LogP contribution in [0.4, 0.5) is 5.82 Å². The van der Waals surface area contributed by atoms with Crippen LogP contribution in [0.15, 0.2) is 30.7 Å². The van der Waals surface area contributed by atoms with Gasteiger partial charge in [0.1, 0.15) is 17.9 Å². The molecule has 0 aliphatic carbocycles. The number of piperidine rings is 1. The van der Waals surface area contributed by atoms with Crippen molar-refractivity contribution in [2.24, 2.45) is 0 Å². The monoisotopic (exact) mass is 479 g/mol.